The average molecular weight is 437 g/mol. The average Bonchev–Trinajstić information content (AvgIpc) is 3.01. The number of aryl methyl sites for hydroxylation is 1. The number of hydrogen-bond acceptors (Lipinski definition) is 9. The molecule has 2 aliphatic rings. The molecular weight excluding hydrogens is 414 g/mol. The molecule has 9 nitrogen and oxygen atoms in total. The molecule has 2 unspecified atom stereocenters. The summed E-state index contributed by atoms with van der Waals surface area (Å²) in [5, 5.41) is 0. The number of imide groups is 1. The first kappa shape index (κ1) is 22.1. The number of benzene rings is 1. The molecule has 0 radical (unpaired) electrons. The molecule has 0 saturated carbocycles. The largest absolute Gasteiger partial charge is 0.463 e. The third kappa shape index (κ3) is 4.76. The minimum Gasteiger partial charge on any atom is -0.463 e. The van der Waals surface area contributed by atoms with Crippen molar-refractivity contribution in [1.82, 2.24) is 4.90 Å². The van der Waals surface area contributed by atoms with Gasteiger partial charge < -0.3 is 18.9 Å². The number of esters is 2. The third-order valence-corrected chi connectivity index (χ3v) is 5.88. The zero-order valence-corrected chi connectivity index (χ0v) is 17.8. The Hall–Kier alpha value is -2.59. The molecule has 162 valence electrons. The van der Waals surface area contributed by atoms with Crippen molar-refractivity contribution >= 4 is 35.7 Å². The molecule has 30 heavy (non-hydrogen) atoms. The molecule has 2 aliphatic heterocycles. The van der Waals surface area contributed by atoms with Crippen molar-refractivity contribution < 1.29 is 38.1 Å². The highest BCUT2D eigenvalue weighted by Gasteiger charge is 2.59. The number of ether oxygens (including phenoxy) is 4. The van der Waals surface area contributed by atoms with Gasteiger partial charge >= 0.3 is 18.0 Å². The summed E-state index contributed by atoms with van der Waals surface area (Å²) in [6, 6.07) is 6.83. The van der Waals surface area contributed by atoms with E-state index in [-0.39, 0.29) is 6.61 Å². The van der Waals surface area contributed by atoms with Crippen molar-refractivity contribution in [2.24, 2.45) is 0 Å². The molecule has 0 N–H and O–H groups in total. The van der Waals surface area contributed by atoms with E-state index in [1.807, 2.05) is 31.2 Å². The van der Waals surface area contributed by atoms with Gasteiger partial charge in [-0.3, -0.25) is 14.4 Å². The van der Waals surface area contributed by atoms with Gasteiger partial charge in [-0.25, -0.2) is 9.69 Å². The predicted molar refractivity (Wildman–Crippen MR) is 104 cm³/mol. The van der Waals surface area contributed by atoms with Crippen LogP contribution in [0.5, 0.6) is 0 Å². The molecule has 1 aromatic carbocycles. The maximum atomic E-state index is 12.4. The number of amides is 2. The van der Waals surface area contributed by atoms with Gasteiger partial charge in [-0.05, 0) is 19.1 Å². The van der Waals surface area contributed by atoms with Gasteiger partial charge in [0.2, 0.25) is 5.91 Å². The summed E-state index contributed by atoms with van der Waals surface area (Å²) >= 11 is 1.30. The van der Waals surface area contributed by atoms with E-state index in [9.17, 15) is 19.2 Å². The Kier molecular flexibility index (Phi) is 6.67. The molecular formula is C20H23NO8S. The third-order valence-electron chi connectivity index (χ3n) is 4.71. The summed E-state index contributed by atoms with van der Waals surface area (Å²) in [6.07, 6.45) is -3.69. The van der Waals surface area contributed by atoms with Gasteiger partial charge in [-0.1, -0.05) is 29.5 Å². The fraction of sp³-hybridized carbons (Fsp3) is 0.500. The van der Waals surface area contributed by atoms with Crippen molar-refractivity contribution in [1.29, 1.82) is 0 Å². The lowest BCUT2D eigenvalue weighted by atomic mass is 9.97. The van der Waals surface area contributed by atoms with E-state index in [2.05, 4.69) is 0 Å². The molecule has 5 atom stereocenters. The summed E-state index contributed by atoms with van der Waals surface area (Å²) in [6.45, 7) is 5.48. The Morgan fingerprint density at radius 1 is 1.10 bits per heavy atom. The molecule has 2 amide bonds. The molecule has 0 bridgehead atoms. The number of fused-ring (bicyclic) bond motifs is 1. The number of nitrogens with zero attached hydrogens (tertiary/aromatic N) is 1. The van der Waals surface area contributed by atoms with E-state index in [0.29, 0.717) is 0 Å². The van der Waals surface area contributed by atoms with Crippen molar-refractivity contribution in [3.05, 3.63) is 29.8 Å². The van der Waals surface area contributed by atoms with Crippen LogP contribution in [-0.4, -0.2) is 65.2 Å². The summed E-state index contributed by atoms with van der Waals surface area (Å²) in [7, 11) is 0. The number of thioether (sulfide) groups is 1. The van der Waals surface area contributed by atoms with Crippen LogP contribution in [-0.2, 0) is 33.3 Å². The topological polar surface area (TPSA) is 108 Å². The van der Waals surface area contributed by atoms with Crippen LogP contribution < -0.4 is 0 Å². The maximum absolute atomic E-state index is 12.4. The highest BCUT2D eigenvalue weighted by atomic mass is 32.2. The van der Waals surface area contributed by atoms with Crippen LogP contribution in [0.25, 0.3) is 0 Å². The van der Waals surface area contributed by atoms with Gasteiger partial charge in [-0.15, -0.1) is 0 Å². The molecule has 10 heteroatoms. The van der Waals surface area contributed by atoms with Gasteiger partial charge in [0.25, 0.3) is 0 Å². The maximum Gasteiger partial charge on any atom is 0.417 e. The van der Waals surface area contributed by atoms with E-state index in [0.717, 1.165) is 15.4 Å². The van der Waals surface area contributed by atoms with Crippen LogP contribution in [0.2, 0.25) is 0 Å². The summed E-state index contributed by atoms with van der Waals surface area (Å²) < 4.78 is 22.0. The highest BCUT2D eigenvalue weighted by molar-refractivity contribution is 7.99. The summed E-state index contributed by atoms with van der Waals surface area (Å²) in [5.74, 6) is -1.65. The molecule has 2 saturated heterocycles. The molecule has 2 fully saturated rings. The van der Waals surface area contributed by atoms with Crippen LogP contribution in [0.1, 0.15) is 26.3 Å². The summed E-state index contributed by atoms with van der Waals surface area (Å²) in [4.78, 5) is 49.4. The second-order valence-electron chi connectivity index (χ2n) is 7.08. The predicted octanol–water partition coefficient (Wildman–Crippen LogP) is 2.04. The SMILES string of the molecule is CC(=O)OCC1O[C@H](Sc2ccc(C)cc2)[C@@H]2[C@@H](OC(=O)N2C(C)=O)C1OC(C)=O. The number of carbonyl (C=O) groups is 4. The van der Waals surface area contributed by atoms with Crippen molar-refractivity contribution in [3.8, 4) is 0 Å². The number of hydrogen-bond donors (Lipinski definition) is 0. The van der Waals surface area contributed by atoms with Crippen molar-refractivity contribution in [3.63, 3.8) is 0 Å². The van der Waals surface area contributed by atoms with E-state index in [1.165, 1.54) is 32.5 Å². The van der Waals surface area contributed by atoms with E-state index in [1.54, 1.807) is 0 Å². The van der Waals surface area contributed by atoms with E-state index < -0.39 is 53.7 Å². The van der Waals surface area contributed by atoms with Gasteiger partial charge in [-0.2, -0.15) is 0 Å². The van der Waals surface area contributed by atoms with Crippen LogP contribution in [0, 0.1) is 6.92 Å². The Balaban J connectivity index is 1.95. The molecule has 0 aliphatic carbocycles. The van der Waals surface area contributed by atoms with Crippen LogP contribution in [0.4, 0.5) is 4.79 Å². The highest BCUT2D eigenvalue weighted by Crippen LogP contribution is 2.41. The smallest absolute Gasteiger partial charge is 0.417 e. The van der Waals surface area contributed by atoms with Crippen molar-refractivity contribution in [2.45, 2.75) is 62.4 Å². The monoisotopic (exact) mass is 437 g/mol. The molecule has 0 spiro atoms. The summed E-state index contributed by atoms with van der Waals surface area (Å²) in [5.41, 5.74) is 0.356. The van der Waals surface area contributed by atoms with Crippen molar-refractivity contribution in [2.75, 3.05) is 6.61 Å². The fourth-order valence-electron chi connectivity index (χ4n) is 3.45. The van der Waals surface area contributed by atoms with E-state index in [4.69, 9.17) is 18.9 Å². The van der Waals surface area contributed by atoms with Gasteiger partial charge in [0, 0.05) is 25.7 Å². The Bertz CT molecular complexity index is 842. The standard InChI is InChI=1S/C20H23NO8S/c1-10-5-7-14(8-6-10)30-19-16-18(29-20(25)21(16)11(2)22)17(27-13(4)24)15(28-19)9-26-12(3)23/h5-8,15-19H,9H2,1-4H3/t15?,16-,17?,18+,19+/m0/s1. The number of carbonyl (C=O) groups excluding carboxylic acids is 4. The Morgan fingerprint density at radius 3 is 2.33 bits per heavy atom. The lowest BCUT2D eigenvalue weighted by molar-refractivity contribution is -0.196. The van der Waals surface area contributed by atoms with Crippen LogP contribution in [0.3, 0.4) is 0 Å². The fourth-order valence-corrected chi connectivity index (χ4v) is 4.62. The van der Waals surface area contributed by atoms with Gasteiger partial charge in [0.15, 0.2) is 12.2 Å². The lowest BCUT2D eigenvalue weighted by Gasteiger charge is -2.42. The normalized spacial score (nSPS) is 27.8. The first-order chi connectivity index (χ1) is 14.2. The first-order valence-electron chi connectivity index (χ1n) is 9.37. The minimum atomic E-state index is -1.03. The zero-order valence-electron chi connectivity index (χ0n) is 17.0. The van der Waals surface area contributed by atoms with E-state index >= 15 is 0 Å². The molecule has 0 aromatic heterocycles. The minimum absolute atomic E-state index is 0.195. The molecule has 3 rings (SSSR count). The first-order valence-corrected chi connectivity index (χ1v) is 10.2. The van der Waals surface area contributed by atoms with Crippen LogP contribution in [0.15, 0.2) is 29.2 Å². The molecule has 2 heterocycles. The Morgan fingerprint density at radius 2 is 1.77 bits per heavy atom. The van der Waals surface area contributed by atoms with Gasteiger partial charge in [0.05, 0.1) is 0 Å². The van der Waals surface area contributed by atoms with Crippen LogP contribution >= 0.6 is 11.8 Å². The zero-order chi connectivity index (χ0) is 22.0. The Labute approximate surface area is 178 Å². The lowest BCUT2D eigenvalue weighted by Crippen LogP contribution is -2.61. The second-order valence-corrected chi connectivity index (χ2v) is 8.25. The molecule has 1 aromatic rings. The number of rotatable bonds is 5. The quantitative estimate of drug-likeness (QED) is 0.505. The van der Waals surface area contributed by atoms with Gasteiger partial charge in [0.1, 0.15) is 24.2 Å². The second kappa shape index (κ2) is 9.05.